The Morgan fingerprint density at radius 3 is 1.92 bits per heavy atom. The molecule has 2 aromatic carbocycles. The van der Waals surface area contributed by atoms with Crippen LogP contribution in [0, 0.1) is 0 Å². The molecule has 2 aromatic rings. The topological polar surface area (TPSA) is 45.2 Å². The van der Waals surface area contributed by atoms with E-state index < -0.39 is 6.10 Å². The molecule has 3 rings (SSSR count). The maximum absolute atomic E-state index is 10.2. The Kier molecular flexibility index (Phi) is 7.31. The molecule has 0 aromatic heterocycles. The van der Waals surface area contributed by atoms with Crippen LogP contribution in [0.2, 0.25) is 0 Å². The van der Waals surface area contributed by atoms with E-state index in [0.717, 1.165) is 44.2 Å². The molecule has 1 N–H and O–H groups in total. The van der Waals surface area contributed by atoms with Gasteiger partial charge in [-0.1, -0.05) is 36.4 Å². The normalized spacial score (nSPS) is 17.0. The summed E-state index contributed by atoms with van der Waals surface area (Å²) in [5.74, 6) is 1.72. The van der Waals surface area contributed by atoms with Crippen molar-refractivity contribution in [3.63, 3.8) is 0 Å². The van der Waals surface area contributed by atoms with Crippen molar-refractivity contribution in [2.24, 2.45) is 0 Å². The van der Waals surface area contributed by atoms with Crippen molar-refractivity contribution in [1.29, 1.82) is 0 Å². The van der Waals surface area contributed by atoms with Gasteiger partial charge in [-0.3, -0.25) is 9.80 Å². The van der Waals surface area contributed by atoms with E-state index in [1.165, 1.54) is 0 Å². The van der Waals surface area contributed by atoms with Crippen LogP contribution in [0.4, 0.5) is 0 Å². The number of aliphatic hydroxyl groups is 1. The van der Waals surface area contributed by atoms with Gasteiger partial charge in [-0.2, -0.15) is 0 Å². The highest BCUT2D eigenvalue weighted by Gasteiger charge is 2.19. The van der Waals surface area contributed by atoms with Gasteiger partial charge in [0.2, 0.25) is 0 Å². The summed E-state index contributed by atoms with van der Waals surface area (Å²) in [4.78, 5) is 4.71. The van der Waals surface area contributed by atoms with Crippen LogP contribution < -0.4 is 9.47 Å². The molecule has 1 heterocycles. The van der Waals surface area contributed by atoms with E-state index in [1.54, 1.807) is 0 Å². The molecule has 1 unspecified atom stereocenters. The number of piperazine rings is 1. The van der Waals surface area contributed by atoms with Crippen LogP contribution in [0.15, 0.2) is 60.7 Å². The summed E-state index contributed by atoms with van der Waals surface area (Å²) >= 11 is 0. The van der Waals surface area contributed by atoms with Crippen LogP contribution in [0.5, 0.6) is 11.5 Å². The SMILES string of the molecule is OC(COc1ccccc1)CN1CCN(CCOc2ccccc2)CC1. The first-order valence-corrected chi connectivity index (χ1v) is 9.28. The lowest BCUT2D eigenvalue weighted by molar-refractivity contribution is 0.0436. The summed E-state index contributed by atoms with van der Waals surface area (Å²) in [5.41, 5.74) is 0. The minimum absolute atomic E-state index is 0.329. The smallest absolute Gasteiger partial charge is 0.119 e. The molecule has 5 nitrogen and oxygen atoms in total. The molecule has 140 valence electrons. The van der Waals surface area contributed by atoms with Crippen molar-refractivity contribution in [3.8, 4) is 11.5 Å². The summed E-state index contributed by atoms with van der Waals surface area (Å²) in [7, 11) is 0. The predicted octanol–water partition coefficient (Wildman–Crippen LogP) is 2.12. The Hall–Kier alpha value is -2.08. The van der Waals surface area contributed by atoms with Gasteiger partial charge in [0, 0.05) is 39.3 Å². The van der Waals surface area contributed by atoms with Gasteiger partial charge in [-0.15, -0.1) is 0 Å². The van der Waals surface area contributed by atoms with Gasteiger partial charge < -0.3 is 14.6 Å². The quantitative estimate of drug-likeness (QED) is 0.746. The Morgan fingerprint density at radius 2 is 1.31 bits per heavy atom. The number of rotatable bonds is 9. The largest absolute Gasteiger partial charge is 0.492 e. The number of hydrogen-bond acceptors (Lipinski definition) is 5. The van der Waals surface area contributed by atoms with Gasteiger partial charge in [-0.05, 0) is 24.3 Å². The number of ether oxygens (including phenoxy) is 2. The summed E-state index contributed by atoms with van der Waals surface area (Å²) < 4.78 is 11.4. The number of benzene rings is 2. The van der Waals surface area contributed by atoms with Gasteiger partial charge in [0.25, 0.3) is 0 Å². The van der Waals surface area contributed by atoms with Gasteiger partial charge in [0.05, 0.1) is 0 Å². The highest BCUT2D eigenvalue weighted by atomic mass is 16.5. The Bertz CT molecular complexity index is 616. The molecule has 0 aliphatic carbocycles. The van der Waals surface area contributed by atoms with Gasteiger partial charge in [0.15, 0.2) is 0 Å². The zero-order chi connectivity index (χ0) is 18.0. The average molecular weight is 356 g/mol. The molecule has 26 heavy (non-hydrogen) atoms. The molecule has 1 saturated heterocycles. The van der Waals surface area contributed by atoms with Crippen LogP contribution in [0.3, 0.4) is 0 Å². The van der Waals surface area contributed by atoms with Crippen molar-refractivity contribution in [2.75, 3.05) is 52.5 Å². The zero-order valence-corrected chi connectivity index (χ0v) is 15.2. The zero-order valence-electron chi connectivity index (χ0n) is 15.2. The molecule has 1 fully saturated rings. The van der Waals surface area contributed by atoms with E-state index in [2.05, 4.69) is 9.80 Å². The lowest BCUT2D eigenvalue weighted by Crippen LogP contribution is -2.50. The molecule has 0 radical (unpaired) electrons. The van der Waals surface area contributed by atoms with Crippen LogP contribution in [-0.4, -0.2) is 73.5 Å². The van der Waals surface area contributed by atoms with E-state index in [0.29, 0.717) is 19.8 Å². The third kappa shape index (κ3) is 6.33. The summed E-state index contributed by atoms with van der Waals surface area (Å²) in [6.45, 7) is 6.56. The fraction of sp³-hybridized carbons (Fsp3) is 0.429. The highest BCUT2D eigenvalue weighted by Crippen LogP contribution is 2.10. The second-order valence-corrected chi connectivity index (χ2v) is 6.58. The third-order valence-corrected chi connectivity index (χ3v) is 4.54. The lowest BCUT2D eigenvalue weighted by atomic mass is 10.2. The number of β-amino-alcohol motifs (C(OH)–C–C–N with tert-alkyl or cyclic N) is 1. The number of para-hydroxylation sites is 2. The van der Waals surface area contributed by atoms with Crippen LogP contribution >= 0.6 is 0 Å². The average Bonchev–Trinajstić information content (AvgIpc) is 2.69. The van der Waals surface area contributed by atoms with Crippen molar-refractivity contribution in [3.05, 3.63) is 60.7 Å². The lowest BCUT2D eigenvalue weighted by Gasteiger charge is -2.35. The number of hydrogen-bond donors (Lipinski definition) is 1. The van der Waals surface area contributed by atoms with Crippen LogP contribution in [0.1, 0.15) is 0 Å². The molecule has 0 bridgehead atoms. The molecule has 1 aliphatic heterocycles. The first-order valence-electron chi connectivity index (χ1n) is 9.28. The second kappa shape index (κ2) is 10.2. The van der Waals surface area contributed by atoms with E-state index in [-0.39, 0.29) is 0 Å². The third-order valence-electron chi connectivity index (χ3n) is 4.54. The van der Waals surface area contributed by atoms with Gasteiger partial charge >= 0.3 is 0 Å². The molecule has 1 atom stereocenters. The Balaban J connectivity index is 1.28. The van der Waals surface area contributed by atoms with Crippen molar-refractivity contribution in [2.45, 2.75) is 6.10 Å². The first-order chi connectivity index (χ1) is 12.8. The van der Waals surface area contributed by atoms with E-state index >= 15 is 0 Å². The second-order valence-electron chi connectivity index (χ2n) is 6.58. The Morgan fingerprint density at radius 1 is 0.769 bits per heavy atom. The van der Waals surface area contributed by atoms with Crippen molar-refractivity contribution >= 4 is 0 Å². The summed E-state index contributed by atoms with van der Waals surface area (Å²) in [6, 6.07) is 19.6. The number of aliphatic hydroxyl groups excluding tert-OH is 1. The molecule has 1 aliphatic rings. The molecule has 0 amide bonds. The minimum atomic E-state index is -0.469. The van der Waals surface area contributed by atoms with Crippen LogP contribution in [-0.2, 0) is 0 Å². The molecule has 5 heteroatoms. The van der Waals surface area contributed by atoms with E-state index in [1.807, 2.05) is 60.7 Å². The Labute approximate surface area is 155 Å². The minimum Gasteiger partial charge on any atom is -0.492 e. The first kappa shape index (κ1) is 18.7. The monoisotopic (exact) mass is 356 g/mol. The molecule has 0 saturated carbocycles. The van der Waals surface area contributed by atoms with Crippen LogP contribution in [0.25, 0.3) is 0 Å². The molecular weight excluding hydrogens is 328 g/mol. The van der Waals surface area contributed by atoms with E-state index in [9.17, 15) is 5.11 Å². The predicted molar refractivity (Wildman–Crippen MR) is 103 cm³/mol. The van der Waals surface area contributed by atoms with Gasteiger partial charge in [0.1, 0.15) is 30.8 Å². The fourth-order valence-corrected chi connectivity index (χ4v) is 3.06. The summed E-state index contributed by atoms with van der Waals surface area (Å²) in [5, 5.41) is 10.2. The fourth-order valence-electron chi connectivity index (χ4n) is 3.06. The van der Waals surface area contributed by atoms with Gasteiger partial charge in [-0.25, -0.2) is 0 Å². The summed E-state index contributed by atoms with van der Waals surface area (Å²) in [6.07, 6.45) is -0.469. The van der Waals surface area contributed by atoms with Crippen molar-refractivity contribution < 1.29 is 14.6 Å². The standard InChI is InChI=1S/C21H28N2O3/c24-19(18-26-21-9-5-2-6-10-21)17-23-13-11-22(12-14-23)15-16-25-20-7-3-1-4-8-20/h1-10,19,24H,11-18H2. The maximum atomic E-state index is 10.2. The molecular formula is C21H28N2O3. The maximum Gasteiger partial charge on any atom is 0.119 e. The molecule has 0 spiro atoms. The van der Waals surface area contributed by atoms with E-state index in [4.69, 9.17) is 9.47 Å². The highest BCUT2D eigenvalue weighted by molar-refractivity contribution is 5.21. The van der Waals surface area contributed by atoms with Crippen molar-refractivity contribution in [1.82, 2.24) is 9.80 Å². The number of nitrogens with zero attached hydrogens (tertiary/aromatic N) is 2.